The second-order valence-corrected chi connectivity index (χ2v) is 4.72. The third kappa shape index (κ3) is 2.41. The molecular formula is C11H15N7O4. The summed E-state index contributed by atoms with van der Waals surface area (Å²) in [6, 6.07) is 0. The normalized spacial score (nSPS) is 24.5. The van der Waals surface area contributed by atoms with Gasteiger partial charge in [-0.1, -0.05) is 0 Å². The predicted octanol–water partition coefficient (Wildman–Crippen LogP) is -1.34. The van der Waals surface area contributed by atoms with Crippen LogP contribution in [0.1, 0.15) is 12.6 Å². The summed E-state index contributed by atoms with van der Waals surface area (Å²) >= 11 is 0. The maximum atomic E-state index is 11.2. The van der Waals surface area contributed by atoms with Crippen molar-refractivity contribution >= 4 is 23.1 Å². The van der Waals surface area contributed by atoms with Crippen molar-refractivity contribution in [3.8, 4) is 0 Å². The first-order valence-electron chi connectivity index (χ1n) is 6.50. The lowest BCUT2D eigenvalue weighted by atomic mass is 10.2. The molecule has 22 heavy (non-hydrogen) atoms. The van der Waals surface area contributed by atoms with Crippen molar-refractivity contribution in [3.63, 3.8) is 0 Å². The van der Waals surface area contributed by atoms with Gasteiger partial charge in [-0.25, -0.2) is 25.6 Å². The number of aliphatic hydroxyl groups is 1. The molecule has 11 heteroatoms. The lowest BCUT2D eigenvalue weighted by Crippen LogP contribution is -2.37. The van der Waals surface area contributed by atoms with Gasteiger partial charge in [-0.2, -0.15) is 0 Å². The van der Waals surface area contributed by atoms with E-state index < -0.39 is 24.5 Å². The maximum Gasteiger partial charge on any atom is 0.421 e. The molecule has 0 bridgehead atoms. The van der Waals surface area contributed by atoms with Crippen molar-refractivity contribution in [2.24, 2.45) is 5.84 Å². The molecule has 0 radical (unpaired) electrons. The molecule has 1 fully saturated rings. The summed E-state index contributed by atoms with van der Waals surface area (Å²) in [5.41, 5.74) is 8.55. The number of carbonyl (C=O) groups excluding carboxylic acids is 1. The van der Waals surface area contributed by atoms with Gasteiger partial charge in [-0.15, -0.1) is 0 Å². The van der Waals surface area contributed by atoms with Crippen LogP contribution in [0.3, 0.4) is 0 Å². The molecule has 0 saturated carbocycles. The van der Waals surface area contributed by atoms with Crippen LogP contribution in [0.15, 0.2) is 12.7 Å². The van der Waals surface area contributed by atoms with E-state index in [4.69, 9.17) is 21.1 Å². The quantitative estimate of drug-likeness (QED) is 0.305. The van der Waals surface area contributed by atoms with Gasteiger partial charge in [0.1, 0.15) is 30.3 Å². The van der Waals surface area contributed by atoms with Crippen LogP contribution in [0.2, 0.25) is 0 Å². The van der Waals surface area contributed by atoms with Gasteiger partial charge >= 0.3 is 6.09 Å². The van der Waals surface area contributed by atoms with Crippen LogP contribution in [-0.4, -0.2) is 49.5 Å². The molecule has 1 amide bonds. The average Bonchev–Trinajstić information content (AvgIpc) is 3.11. The van der Waals surface area contributed by atoms with Crippen molar-refractivity contribution in [3.05, 3.63) is 12.7 Å². The van der Waals surface area contributed by atoms with Crippen molar-refractivity contribution in [2.75, 3.05) is 12.3 Å². The Morgan fingerprint density at radius 2 is 2.36 bits per heavy atom. The smallest absolute Gasteiger partial charge is 0.421 e. The SMILES string of the molecule is NNC(=O)O[C@H]1C[C@H](n2cnc3c(N)ncnc32)O[C@@H]1CO. The van der Waals surface area contributed by atoms with Crippen LogP contribution in [0.5, 0.6) is 0 Å². The fraction of sp³-hybridized carbons (Fsp3) is 0.455. The monoisotopic (exact) mass is 309 g/mol. The molecule has 0 spiro atoms. The van der Waals surface area contributed by atoms with Gasteiger partial charge in [-0.3, -0.25) is 9.99 Å². The highest BCUT2D eigenvalue weighted by atomic mass is 16.6. The van der Waals surface area contributed by atoms with Gasteiger partial charge in [0.15, 0.2) is 11.5 Å². The first-order chi connectivity index (χ1) is 10.6. The Hall–Kier alpha value is -2.50. The summed E-state index contributed by atoms with van der Waals surface area (Å²) in [5, 5.41) is 9.36. The zero-order valence-electron chi connectivity index (χ0n) is 11.4. The van der Waals surface area contributed by atoms with Crippen molar-refractivity contribution < 1.29 is 19.4 Å². The summed E-state index contributed by atoms with van der Waals surface area (Å²) in [5.74, 6) is 5.24. The number of hydrogen-bond acceptors (Lipinski definition) is 9. The van der Waals surface area contributed by atoms with E-state index >= 15 is 0 Å². The number of nitrogens with two attached hydrogens (primary N) is 2. The van der Waals surface area contributed by atoms with E-state index in [1.165, 1.54) is 12.7 Å². The number of nitrogen functional groups attached to an aromatic ring is 1. The number of carbonyl (C=O) groups is 1. The minimum absolute atomic E-state index is 0.260. The zero-order chi connectivity index (χ0) is 15.7. The number of hydrogen-bond donors (Lipinski definition) is 4. The van der Waals surface area contributed by atoms with E-state index in [1.54, 1.807) is 4.57 Å². The average molecular weight is 309 g/mol. The zero-order valence-corrected chi connectivity index (χ0v) is 11.4. The van der Waals surface area contributed by atoms with Crippen LogP contribution in [0.4, 0.5) is 10.6 Å². The molecule has 1 aliphatic heterocycles. The van der Waals surface area contributed by atoms with E-state index in [2.05, 4.69) is 15.0 Å². The molecule has 11 nitrogen and oxygen atoms in total. The van der Waals surface area contributed by atoms with Crippen LogP contribution < -0.4 is 17.0 Å². The highest BCUT2D eigenvalue weighted by Gasteiger charge is 2.39. The number of nitrogens with one attached hydrogen (secondary N) is 1. The van der Waals surface area contributed by atoms with Crippen molar-refractivity contribution in [2.45, 2.75) is 24.9 Å². The first-order valence-corrected chi connectivity index (χ1v) is 6.50. The minimum Gasteiger partial charge on any atom is -0.442 e. The van der Waals surface area contributed by atoms with E-state index in [1.807, 2.05) is 5.43 Å². The standard InChI is InChI=1S/C11H15N7O4/c12-9-8-10(15-3-14-9)18(4-16-8)7-1-5(6(2-19)21-7)22-11(20)17-13/h3-7,19H,1-2,13H2,(H,17,20)(H2,12,14,15)/t5-,6+,7+/m0/s1. The molecule has 0 unspecified atom stereocenters. The van der Waals surface area contributed by atoms with Crippen LogP contribution in [-0.2, 0) is 9.47 Å². The largest absolute Gasteiger partial charge is 0.442 e. The Morgan fingerprint density at radius 3 is 3.09 bits per heavy atom. The summed E-state index contributed by atoms with van der Waals surface area (Å²) in [4.78, 5) is 23.4. The second-order valence-electron chi connectivity index (χ2n) is 4.72. The van der Waals surface area contributed by atoms with Gasteiger partial charge < -0.3 is 20.3 Å². The Kier molecular flexibility index (Phi) is 3.75. The molecule has 1 aliphatic rings. The Labute approximate surface area is 124 Å². The number of fused-ring (bicyclic) bond motifs is 1. The highest BCUT2D eigenvalue weighted by Crippen LogP contribution is 2.32. The third-order valence-electron chi connectivity index (χ3n) is 3.43. The highest BCUT2D eigenvalue weighted by molar-refractivity contribution is 5.81. The fourth-order valence-corrected chi connectivity index (χ4v) is 2.41. The molecule has 0 aliphatic carbocycles. The van der Waals surface area contributed by atoms with E-state index in [9.17, 15) is 9.90 Å². The Balaban J connectivity index is 1.86. The number of rotatable bonds is 3. The molecule has 2 aromatic heterocycles. The van der Waals surface area contributed by atoms with Gasteiger partial charge in [0, 0.05) is 6.42 Å². The molecule has 1 saturated heterocycles. The Bertz CT molecular complexity index is 690. The predicted molar refractivity (Wildman–Crippen MR) is 72.9 cm³/mol. The summed E-state index contributed by atoms with van der Waals surface area (Å²) in [7, 11) is 0. The topological polar surface area (TPSA) is 163 Å². The van der Waals surface area contributed by atoms with Gasteiger partial charge in [-0.05, 0) is 0 Å². The number of ether oxygens (including phenoxy) is 2. The van der Waals surface area contributed by atoms with Crippen molar-refractivity contribution in [1.82, 2.24) is 24.9 Å². The molecule has 0 aromatic carbocycles. The van der Waals surface area contributed by atoms with E-state index in [0.29, 0.717) is 17.6 Å². The van der Waals surface area contributed by atoms with Crippen LogP contribution in [0, 0.1) is 0 Å². The molecule has 6 N–H and O–H groups in total. The summed E-state index contributed by atoms with van der Waals surface area (Å²) in [6.07, 6.45) is 0.536. The van der Waals surface area contributed by atoms with Crippen LogP contribution in [0.25, 0.3) is 11.2 Å². The maximum absolute atomic E-state index is 11.2. The van der Waals surface area contributed by atoms with E-state index in [0.717, 1.165) is 0 Å². The molecule has 3 heterocycles. The minimum atomic E-state index is -0.797. The first kappa shape index (κ1) is 14.4. The molecular weight excluding hydrogens is 294 g/mol. The molecule has 2 aromatic rings. The lowest BCUT2D eigenvalue weighted by molar-refractivity contribution is -0.0459. The molecule has 3 atom stereocenters. The number of aliphatic hydroxyl groups excluding tert-OH is 1. The van der Waals surface area contributed by atoms with Crippen LogP contribution >= 0.6 is 0 Å². The van der Waals surface area contributed by atoms with E-state index in [-0.39, 0.29) is 12.4 Å². The second kappa shape index (κ2) is 5.71. The van der Waals surface area contributed by atoms with Gasteiger partial charge in [0.05, 0.1) is 12.9 Å². The molecule has 118 valence electrons. The number of amides is 1. The summed E-state index contributed by atoms with van der Waals surface area (Å²) < 4.78 is 12.4. The fourth-order valence-electron chi connectivity index (χ4n) is 2.41. The van der Waals surface area contributed by atoms with Crippen molar-refractivity contribution in [1.29, 1.82) is 0 Å². The number of anilines is 1. The lowest BCUT2D eigenvalue weighted by Gasteiger charge is -2.15. The number of aromatic nitrogens is 4. The van der Waals surface area contributed by atoms with Gasteiger partial charge in [0.25, 0.3) is 0 Å². The number of nitrogens with zero attached hydrogens (tertiary/aromatic N) is 4. The number of imidazole rings is 1. The third-order valence-corrected chi connectivity index (χ3v) is 3.43. The Morgan fingerprint density at radius 1 is 1.55 bits per heavy atom. The number of hydrazine groups is 1. The summed E-state index contributed by atoms with van der Waals surface area (Å²) in [6.45, 7) is -0.303. The van der Waals surface area contributed by atoms with Gasteiger partial charge in [0.2, 0.25) is 0 Å². The molecule has 3 rings (SSSR count).